The van der Waals surface area contributed by atoms with Gasteiger partial charge < -0.3 is 25.5 Å². The highest BCUT2D eigenvalue weighted by Gasteiger charge is 2.39. The molecule has 0 spiro atoms. The summed E-state index contributed by atoms with van der Waals surface area (Å²) in [5.41, 5.74) is 1.82. The molecule has 1 fully saturated rings. The maximum Gasteiger partial charge on any atom is 0.322 e. The normalized spacial score (nSPS) is 18.1. The third-order valence-electron chi connectivity index (χ3n) is 4.81. The Hall–Kier alpha value is -3.10. The van der Waals surface area contributed by atoms with Crippen LogP contribution in [0.3, 0.4) is 0 Å². The predicted molar refractivity (Wildman–Crippen MR) is 117 cm³/mol. The van der Waals surface area contributed by atoms with E-state index in [1.54, 1.807) is 67.5 Å². The van der Waals surface area contributed by atoms with Gasteiger partial charge in [-0.1, -0.05) is 11.6 Å². The molecule has 1 saturated heterocycles. The summed E-state index contributed by atoms with van der Waals surface area (Å²) in [5, 5.41) is 24.1. The molecule has 1 aliphatic heterocycles. The van der Waals surface area contributed by atoms with Crippen LogP contribution in [0.5, 0.6) is 0 Å². The van der Waals surface area contributed by atoms with Gasteiger partial charge in [-0.3, -0.25) is 10.2 Å². The summed E-state index contributed by atoms with van der Waals surface area (Å²) in [5.74, 6) is -0.0231. The van der Waals surface area contributed by atoms with Gasteiger partial charge in [0.2, 0.25) is 5.91 Å². The maximum atomic E-state index is 12.8. The highest BCUT2D eigenvalue weighted by atomic mass is 35.5. The molecule has 1 heterocycles. The molecule has 3 rings (SSSR count). The molecule has 0 bridgehead atoms. The first-order chi connectivity index (χ1) is 14.2. The smallest absolute Gasteiger partial charge is 0.322 e. The zero-order valence-corrected chi connectivity index (χ0v) is 17.5. The summed E-state index contributed by atoms with van der Waals surface area (Å²) < 4.78 is 0. The van der Waals surface area contributed by atoms with E-state index in [2.05, 4.69) is 10.6 Å². The van der Waals surface area contributed by atoms with E-state index in [0.29, 0.717) is 22.2 Å². The van der Waals surface area contributed by atoms with Gasteiger partial charge in [0.25, 0.3) is 0 Å². The third-order valence-corrected chi connectivity index (χ3v) is 5.06. The Bertz CT molecular complexity index is 931. The number of urea groups is 1. The molecule has 2 atom stereocenters. The SMILES string of the molecule is CN(C)C(=N)c1ccc(NC(=O)[C@@H]2C[C@@H](O)CN2C(=O)Nc2ccc(Cl)cc2)cc1. The molecule has 1 aliphatic rings. The van der Waals surface area contributed by atoms with Crippen LogP contribution in [-0.2, 0) is 4.79 Å². The molecule has 0 aromatic heterocycles. The molecule has 2 aromatic rings. The molecule has 0 unspecified atom stereocenters. The zero-order chi connectivity index (χ0) is 21.8. The monoisotopic (exact) mass is 429 g/mol. The molecule has 4 N–H and O–H groups in total. The largest absolute Gasteiger partial charge is 0.391 e. The van der Waals surface area contributed by atoms with E-state index in [4.69, 9.17) is 17.0 Å². The summed E-state index contributed by atoms with van der Waals surface area (Å²) >= 11 is 5.86. The van der Waals surface area contributed by atoms with Crippen molar-refractivity contribution in [3.63, 3.8) is 0 Å². The molecular formula is C21H24ClN5O3. The number of nitrogens with one attached hydrogen (secondary N) is 3. The van der Waals surface area contributed by atoms with Crippen LogP contribution < -0.4 is 10.6 Å². The number of carbonyl (C=O) groups excluding carboxylic acids is 2. The van der Waals surface area contributed by atoms with Gasteiger partial charge in [-0.05, 0) is 48.5 Å². The second kappa shape index (κ2) is 9.15. The summed E-state index contributed by atoms with van der Waals surface area (Å²) in [6.07, 6.45) is -0.622. The number of aliphatic hydroxyl groups excluding tert-OH is 1. The van der Waals surface area contributed by atoms with E-state index in [-0.39, 0.29) is 18.9 Å². The van der Waals surface area contributed by atoms with Crippen molar-refractivity contribution in [3.05, 3.63) is 59.1 Å². The molecule has 9 heteroatoms. The number of amides is 3. The van der Waals surface area contributed by atoms with Gasteiger partial charge in [-0.2, -0.15) is 0 Å². The van der Waals surface area contributed by atoms with E-state index in [0.717, 1.165) is 5.56 Å². The molecule has 8 nitrogen and oxygen atoms in total. The van der Waals surface area contributed by atoms with E-state index >= 15 is 0 Å². The number of hydrogen-bond acceptors (Lipinski definition) is 4. The average molecular weight is 430 g/mol. The molecule has 3 amide bonds. The molecular weight excluding hydrogens is 406 g/mol. The molecule has 0 aliphatic carbocycles. The Kier molecular flexibility index (Phi) is 6.59. The number of carbonyl (C=O) groups is 2. The van der Waals surface area contributed by atoms with Gasteiger partial charge >= 0.3 is 6.03 Å². The second-order valence-electron chi connectivity index (χ2n) is 7.30. The number of anilines is 2. The topological polar surface area (TPSA) is 109 Å². The lowest BCUT2D eigenvalue weighted by atomic mass is 10.1. The van der Waals surface area contributed by atoms with Gasteiger partial charge in [-0.25, -0.2) is 4.79 Å². The maximum absolute atomic E-state index is 12.8. The van der Waals surface area contributed by atoms with Crippen molar-refractivity contribution in [1.29, 1.82) is 5.41 Å². The number of likely N-dealkylation sites (tertiary alicyclic amines) is 1. The Morgan fingerprint density at radius 2 is 1.63 bits per heavy atom. The minimum absolute atomic E-state index is 0.0659. The lowest BCUT2D eigenvalue weighted by molar-refractivity contribution is -0.119. The van der Waals surface area contributed by atoms with Crippen molar-refractivity contribution in [1.82, 2.24) is 9.80 Å². The number of amidine groups is 1. The Labute approximate surface area is 179 Å². The van der Waals surface area contributed by atoms with Crippen LogP contribution in [0.2, 0.25) is 5.02 Å². The summed E-state index contributed by atoms with van der Waals surface area (Å²) in [4.78, 5) is 28.5. The number of aliphatic hydroxyl groups is 1. The standard InChI is InChI=1S/C21H24ClN5O3/c1-26(2)19(23)13-3-7-15(8-4-13)24-20(29)18-11-17(28)12-27(18)21(30)25-16-9-5-14(22)6-10-16/h3-10,17-18,23,28H,11-12H2,1-2H3,(H,24,29)(H,25,30)/t17-,18+/m1/s1. The lowest BCUT2D eigenvalue weighted by Gasteiger charge is -2.24. The number of β-amino-alcohol motifs (C(OH)–C–C–N with tert-alkyl or cyclic N) is 1. The van der Waals surface area contributed by atoms with Crippen LogP contribution in [0.4, 0.5) is 16.2 Å². The fourth-order valence-electron chi connectivity index (χ4n) is 3.21. The summed E-state index contributed by atoms with van der Waals surface area (Å²) in [6, 6.07) is 12.3. The fourth-order valence-corrected chi connectivity index (χ4v) is 3.34. The third kappa shape index (κ3) is 5.08. The van der Waals surface area contributed by atoms with Gasteiger partial charge in [0.1, 0.15) is 11.9 Å². The summed E-state index contributed by atoms with van der Waals surface area (Å²) in [7, 11) is 3.57. The van der Waals surface area contributed by atoms with Crippen molar-refractivity contribution >= 4 is 40.7 Å². The van der Waals surface area contributed by atoms with E-state index in [9.17, 15) is 14.7 Å². The molecule has 0 saturated carbocycles. The van der Waals surface area contributed by atoms with Gasteiger partial charge in [0.15, 0.2) is 0 Å². The van der Waals surface area contributed by atoms with Crippen molar-refractivity contribution in [2.24, 2.45) is 0 Å². The minimum Gasteiger partial charge on any atom is -0.391 e. The quantitative estimate of drug-likeness (QED) is 0.442. The second-order valence-corrected chi connectivity index (χ2v) is 7.74. The van der Waals surface area contributed by atoms with Crippen molar-refractivity contribution in [3.8, 4) is 0 Å². The highest BCUT2D eigenvalue weighted by Crippen LogP contribution is 2.22. The van der Waals surface area contributed by atoms with E-state index in [1.165, 1.54) is 4.90 Å². The fraction of sp³-hybridized carbons (Fsp3) is 0.286. The molecule has 30 heavy (non-hydrogen) atoms. The number of hydrogen-bond donors (Lipinski definition) is 4. The first-order valence-corrected chi connectivity index (χ1v) is 9.81. The van der Waals surface area contributed by atoms with Crippen LogP contribution in [-0.4, -0.2) is 65.5 Å². The lowest BCUT2D eigenvalue weighted by Crippen LogP contribution is -2.45. The van der Waals surface area contributed by atoms with E-state index in [1.807, 2.05) is 0 Å². The van der Waals surface area contributed by atoms with Crippen LogP contribution in [0, 0.1) is 5.41 Å². The molecule has 0 radical (unpaired) electrons. The summed E-state index contributed by atoms with van der Waals surface area (Å²) in [6.45, 7) is 0.0659. The Morgan fingerprint density at radius 1 is 1.07 bits per heavy atom. The van der Waals surface area contributed by atoms with Gasteiger partial charge in [-0.15, -0.1) is 0 Å². The van der Waals surface area contributed by atoms with Crippen LogP contribution >= 0.6 is 11.6 Å². The number of nitrogens with zero attached hydrogens (tertiary/aromatic N) is 2. The average Bonchev–Trinajstić information content (AvgIpc) is 3.12. The Morgan fingerprint density at radius 3 is 2.23 bits per heavy atom. The number of benzene rings is 2. The van der Waals surface area contributed by atoms with Crippen molar-refractivity contribution in [2.45, 2.75) is 18.6 Å². The van der Waals surface area contributed by atoms with Crippen LogP contribution in [0.15, 0.2) is 48.5 Å². The van der Waals surface area contributed by atoms with Gasteiger partial charge in [0.05, 0.1) is 6.10 Å². The van der Waals surface area contributed by atoms with Crippen molar-refractivity contribution in [2.75, 3.05) is 31.3 Å². The van der Waals surface area contributed by atoms with Crippen LogP contribution in [0.1, 0.15) is 12.0 Å². The number of halogens is 1. The predicted octanol–water partition coefficient (Wildman–Crippen LogP) is 2.83. The van der Waals surface area contributed by atoms with Crippen molar-refractivity contribution < 1.29 is 14.7 Å². The highest BCUT2D eigenvalue weighted by molar-refractivity contribution is 6.30. The number of rotatable bonds is 4. The molecule has 158 valence electrons. The zero-order valence-electron chi connectivity index (χ0n) is 16.7. The van der Waals surface area contributed by atoms with E-state index < -0.39 is 18.2 Å². The Balaban J connectivity index is 1.66. The minimum atomic E-state index is -0.799. The molecule has 2 aromatic carbocycles. The first kappa shape index (κ1) is 21.6. The van der Waals surface area contributed by atoms with Gasteiger partial charge in [0, 0.05) is 49.0 Å². The van der Waals surface area contributed by atoms with Crippen LogP contribution in [0.25, 0.3) is 0 Å². The first-order valence-electron chi connectivity index (χ1n) is 9.43.